The molecule has 1 aliphatic carbocycles. The van der Waals surface area contributed by atoms with Crippen LogP contribution in [0.25, 0.3) is 0 Å². The van der Waals surface area contributed by atoms with E-state index in [4.69, 9.17) is 14.2 Å². The minimum atomic E-state index is -0.542. The quantitative estimate of drug-likeness (QED) is 0.863. The first-order valence-corrected chi connectivity index (χ1v) is 9.72. The molecule has 5 heteroatoms. The van der Waals surface area contributed by atoms with Crippen LogP contribution in [-0.2, 0) is 17.6 Å². The zero-order valence-corrected chi connectivity index (χ0v) is 15.6. The van der Waals surface area contributed by atoms with Crippen molar-refractivity contribution in [3.8, 4) is 17.2 Å². The Bertz CT molecular complexity index is 833. The van der Waals surface area contributed by atoms with Gasteiger partial charge in [-0.05, 0) is 67.5 Å². The summed E-state index contributed by atoms with van der Waals surface area (Å²) in [5, 5.41) is 2.93. The Morgan fingerprint density at radius 1 is 1.04 bits per heavy atom. The molecule has 0 spiro atoms. The molecule has 1 aliphatic heterocycles. The molecule has 0 radical (unpaired) electrons. The van der Waals surface area contributed by atoms with Crippen molar-refractivity contribution in [2.45, 2.75) is 45.1 Å². The smallest absolute Gasteiger partial charge is 0.265 e. The molecule has 1 N–H and O–H groups in total. The molecule has 0 aromatic heterocycles. The minimum Gasteiger partial charge on any atom is -0.486 e. The van der Waals surface area contributed by atoms with Crippen LogP contribution in [0.5, 0.6) is 17.2 Å². The molecule has 2 aliphatic rings. The van der Waals surface area contributed by atoms with E-state index < -0.39 is 6.10 Å². The molecule has 1 heterocycles. The SMILES string of the molecule is CC[C@@H](Oc1ccc2c(c1)CCCC2)C(=O)Nc1ccc2c(c1)OCCO2. The molecule has 2 aromatic carbocycles. The van der Waals surface area contributed by atoms with Crippen LogP contribution in [0.4, 0.5) is 5.69 Å². The maximum Gasteiger partial charge on any atom is 0.265 e. The zero-order chi connectivity index (χ0) is 18.6. The molecule has 4 rings (SSSR count). The normalized spacial score (nSPS) is 16.2. The lowest BCUT2D eigenvalue weighted by molar-refractivity contribution is -0.122. The molecular formula is C22H25NO4. The molecule has 0 saturated heterocycles. The second-order valence-corrected chi connectivity index (χ2v) is 7.00. The van der Waals surface area contributed by atoms with Gasteiger partial charge in [0.1, 0.15) is 19.0 Å². The van der Waals surface area contributed by atoms with Crippen LogP contribution in [0.15, 0.2) is 36.4 Å². The first-order valence-electron chi connectivity index (χ1n) is 9.72. The number of hydrogen-bond donors (Lipinski definition) is 1. The Hall–Kier alpha value is -2.69. The predicted molar refractivity (Wildman–Crippen MR) is 104 cm³/mol. The lowest BCUT2D eigenvalue weighted by Crippen LogP contribution is -2.32. The second kappa shape index (κ2) is 7.91. The van der Waals surface area contributed by atoms with Crippen LogP contribution in [-0.4, -0.2) is 25.2 Å². The highest BCUT2D eigenvalue weighted by Gasteiger charge is 2.21. The summed E-state index contributed by atoms with van der Waals surface area (Å²) in [6.07, 6.45) is 4.75. The van der Waals surface area contributed by atoms with Crippen molar-refractivity contribution in [2.24, 2.45) is 0 Å². The topological polar surface area (TPSA) is 56.8 Å². The van der Waals surface area contributed by atoms with E-state index in [1.165, 1.54) is 24.0 Å². The van der Waals surface area contributed by atoms with Crippen molar-refractivity contribution in [1.82, 2.24) is 0 Å². The number of anilines is 1. The van der Waals surface area contributed by atoms with Crippen molar-refractivity contribution in [3.05, 3.63) is 47.5 Å². The molecule has 0 saturated carbocycles. The van der Waals surface area contributed by atoms with Crippen LogP contribution in [0.3, 0.4) is 0 Å². The van der Waals surface area contributed by atoms with Gasteiger partial charge in [-0.1, -0.05) is 13.0 Å². The third-order valence-corrected chi connectivity index (χ3v) is 5.07. The fourth-order valence-electron chi connectivity index (χ4n) is 3.61. The van der Waals surface area contributed by atoms with E-state index in [2.05, 4.69) is 17.4 Å². The summed E-state index contributed by atoms with van der Waals surface area (Å²) in [4.78, 5) is 12.7. The highest BCUT2D eigenvalue weighted by atomic mass is 16.6. The van der Waals surface area contributed by atoms with Gasteiger partial charge in [-0.25, -0.2) is 0 Å². The van der Waals surface area contributed by atoms with E-state index >= 15 is 0 Å². The van der Waals surface area contributed by atoms with E-state index in [-0.39, 0.29) is 5.91 Å². The van der Waals surface area contributed by atoms with Crippen molar-refractivity contribution < 1.29 is 19.0 Å². The van der Waals surface area contributed by atoms with E-state index in [9.17, 15) is 4.79 Å². The lowest BCUT2D eigenvalue weighted by atomic mass is 9.92. The van der Waals surface area contributed by atoms with Crippen LogP contribution in [0.2, 0.25) is 0 Å². The molecule has 1 amide bonds. The Kier molecular flexibility index (Phi) is 5.19. The number of carbonyl (C=O) groups is 1. The van der Waals surface area contributed by atoms with Gasteiger partial charge in [0.2, 0.25) is 0 Å². The molecule has 5 nitrogen and oxygen atoms in total. The molecule has 0 fully saturated rings. The number of fused-ring (bicyclic) bond motifs is 2. The first-order chi connectivity index (χ1) is 13.2. The Balaban J connectivity index is 1.43. The fraction of sp³-hybridized carbons (Fsp3) is 0.409. The number of benzene rings is 2. The summed E-state index contributed by atoms with van der Waals surface area (Å²) >= 11 is 0. The van der Waals surface area contributed by atoms with Crippen molar-refractivity contribution >= 4 is 11.6 Å². The van der Waals surface area contributed by atoms with E-state index in [0.29, 0.717) is 36.8 Å². The number of ether oxygens (including phenoxy) is 3. The third-order valence-electron chi connectivity index (χ3n) is 5.07. The van der Waals surface area contributed by atoms with Gasteiger partial charge in [0, 0.05) is 11.8 Å². The van der Waals surface area contributed by atoms with Crippen LogP contribution in [0.1, 0.15) is 37.3 Å². The molecule has 0 bridgehead atoms. The first kappa shape index (κ1) is 17.7. The molecule has 1 atom stereocenters. The number of amides is 1. The van der Waals surface area contributed by atoms with Gasteiger partial charge in [-0.15, -0.1) is 0 Å². The molecule has 27 heavy (non-hydrogen) atoms. The van der Waals surface area contributed by atoms with E-state index in [1.54, 1.807) is 6.07 Å². The van der Waals surface area contributed by atoms with Gasteiger partial charge < -0.3 is 19.5 Å². The van der Waals surface area contributed by atoms with E-state index in [0.717, 1.165) is 18.6 Å². The Labute approximate surface area is 159 Å². The van der Waals surface area contributed by atoms with Gasteiger partial charge in [-0.3, -0.25) is 4.79 Å². The molecule has 0 unspecified atom stereocenters. The summed E-state index contributed by atoms with van der Waals surface area (Å²) in [7, 11) is 0. The number of rotatable bonds is 5. The second-order valence-electron chi connectivity index (χ2n) is 7.00. The zero-order valence-electron chi connectivity index (χ0n) is 15.6. The summed E-state index contributed by atoms with van der Waals surface area (Å²) in [5.74, 6) is 1.96. The lowest BCUT2D eigenvalue weighted by Gasteiger charge is -2.21. The Morgan fingerprint density at radius 3 is 2.63 bits per heavy atom. The number of hydrogen-bond acceptors (Lipinski definition) is 4. The summed E-state index contributed by atoms with van der Waals surface area (Å²) in [5.41, 5.74) is 3.43. The van der Waals surface area contributed by atoms with Crippen LogP contribution >= 0.6 is 0 Å². The van der Waals surface area contributed by atoms with Crippen LogP contribution in [0, 0.1) is 0 Å². The monoisotopic (exact) mass is 367 g/mol. The summed E-state index contributed by atoms with van der Waals surface area (Å²) in [6, 6.07) is 11.6. The van der Waals surface area contributed by atoms with Gasteiger partial charge >= 0.3 is 0 Å². The molecule has 142 valence electrons. The maximum absolute atomic E-state index is 12.7. The summed E-state index contributed by atoms with van der Waals surface area (Å²) in [6.45, 7) is 3.02. The molecular weight excluding hydrogens is 342 g/mol. The number of carbonyl (C=O) groups excluding carboxylic acids is 1. The van der Waals surface area contributed by atoms with Gasteiger partial charge in [0.25, 0.3) is 5.91 Å². The average molecular weight is 367 g/mol. The van der Waals surface area contributed by atoms with E-state index in [1.807, 2.05) is 25.1 Å². The van der Waals surface area contributed by atoms with Crippen molar-refractivity contribution in [2.75, 3.05) is 18.5 Å². The number of nitrogens with one attached hydrogen (secondary N) is 1. The third kappa shape index (κ3) is 4.02. The fourth-order valence-corrected chi connectivity index (χ4v) is 3.61. The van der Waals surface area contributed by atoms with Gasteiger partial charge in [-0.2, -0.15) is 0 Å². The largest absolute Gasteiger partial charge is 0.486 e. The highest BCUT2D eigenvalue weighted by molar-refractivity contribution is 5.94. The Morgan fingerprint density at radius 2 is 1.81 bits per heavy atom. The molecule has 2 aromatic rings. The maximum atomic E-state index is 12.7. The van der Waals surface area contributed by atoms with Crippen molar-refractivity contribution in [1.29, 1.82) is 0 Å². The average Bonchev–Trinajstić information content (AvgIpc) is 2.71. The summed E-state index contributed by atoms with van der Waals surface area (Å²) < 4.78 is 17.1. The minimum absolute atomic E-state index is 0.160. The van der Waals surface area contributed by atoms with Gasteiger partial charge in [0.15, 0.2) is 17.6 Å². The number of aryl methyl sites for hydroxylation is 2. The standard InChI is InChI=1S/C22H25NO4/c1-2-19(27-18-9-7-15-5-3-4-6-16(15)13-18)22(24)23-17-8-10-20-21(14-17)26-12-11-25-20/h7-10,13-14,19H,2-6,11-12H2,1H3,(H,23,24)/t19-/m1/s1. The van der Waals surface area contributed by atoms with Crippen LogP contribution < -0.4 is 19.5 Å². The highest BCUT2D eigenvalue weighted by Crippen LogP contribution is 2.33. The van der Waals surface area contributed by atoms with Crippen molar-refractivity contribution in [3.63, 3.8) is 0 Å². The van der Waals surface area contributed by atoms with Gasteiger partial charge in [0.05, 0.1) is 0 Å². The predicted octanol–water partition coefficient (Wildman–Crippen LogP) is 4.13.